The number of aliphatic imine (C=N–C) groups is 2. The van der Waals surface area contributed by atoms with Crippen molar-refractivity contribution in [1.29, 1.82) is 0 Å². The van der Waals surface area contributed by atoms with Gasteiger partial charge in [0.2, 0.25) is 0 Å². The highest BCUT2D eigenvalue weighted by atomic mass is 32.1. The number of amidine groups is 1. The third-order valence-electron chi connectivity index (χ3n) is 6.19. The number of ether oxygens (including phenoxy) is 1. The number of amides is 1. The molecule has 2 N–H and O–H groups in total. The molecular formula is C24H27F5N6O2S. The Balaban J connectivity index is 1.39. The SMILES string of the molecule is Cc1nsc(NC2=NCC(C(F)(F)F)N=C2)c1C(=O)Nc1ccc(F)c(OCC2CCCN(CCF)C2)c1. The number of benzene rings is 1. The topological polar surface area (TPSA) is 91.2 Å². The fourth-order valence-electron chi connectivity index (χ4n) is 4.23. The molecule has 1 aromatic heterocycles. The number of halogens is 5. The molecule has 4 rings (SSSR count). The first-order valence-corrected chi connectivity index (χ1v) is 12.8. The van der Waals surface area contributed by atoms with Gasteiger partial charge in [-0.2, -0.15) is 17.5 Å². The van der Waals surface area contributed by atoms with Crippen molar-refractivity contribution in [1.82, 2.24) is 9.27 Å². The third-order valence-corrected chi connectivity index (χ3v) is 7.04. The average Bonchev–Trinajstić information content (AvgIpc) is 3.24. The van der Waals surface area contributed by atoms with Gasteiger partial charge in [-0.15, -0.1) is 0 Å². The molecule has 0 radical (unpaired) electrons. The number of rotatable bonds is 8. The van der Waals surface area contributed by atoms with Crippen molar-refractivity contribution in [2.75, 3.05) is 50.1 Å². The van der Waals surface area contributed by atoms with E-state index in [0.29, 0.717) is 18.8 Å². The molecule has 0 saturated carbocycles. The Morgan fingerprint density at radius 1 is 1.32 bits per heavy atom. The molecule has 2 atom stereocenters. The Labute approximate surface area is 220 Å². The summed E-state index contributed by atoms with van der Waals surface area (Å²) in [5.41, 5.74) is 0.853. The van der Waals surface area contributed by atoms with Crippen molar-refractivity contribution >= 4 is 40.2 Å². The van der Waals surface area contributed by atoms with E-state index in [1.54, 1.807) is 6.92 Å². The fraction of sp³-hybridized carbons (Fsp3) is 0.500. The molecule has 1 aromatic carbocycles. The molecule has 38 heavy (non-hydrogen) atoms. The Bertz CT molecular complexity index is 1200. The van der Waals surface area contributed by atoms with E-state index < -0.39 is 37.2 Å². The van der Waals surface area contributed by atoms with Crippen molar-refractivity contribution in [3.63, 3.8) is 0 Å². The smallest absolute Gasteiger partial charge is 0.412 e. The molecule has 0 bridgehead atoms. The number of anilines is 2. The van der Waals surface area contributed by atoms with E-state index in [4.69, 9.17) is 4.74 Å². The maximum absolute atomic E-state index is 14.4. The summed E-state index contributed by atoms with van der Waals surface area (Å²) >= 11 is 0.949. The lowest BCUT2D eigenvalue weighted by molar-refractivity contribution is -0.144. The summed E-state index contributed by atoms with van der Waals surface area (Å²) in [6.45, 7) is 2.77. The van der Waals surface area contributed by atoms with Gasteiger partial charge in [0.15, 0.2) is 17.6 Å². The number of hydrogen-bond acceptors (Lipinski definition) is 8. The normalized spacial score (nSPS) is 20.2. The van der Waals surface area contributed by atoms with Crippen LogP contribution in [0.3, 0.4) is 0 Å². The molecular weight excluding hydrogens is 531 g/mol. The minimum atomic E-state index is -4.48. The summed E-state index contributed by atoms with van der Waals surface area (Å²) in [6.07, 6.45) is -1.70. The highest BCUT2D eigenvalue weighted by Crippen LogP contribution is 2.29. The van der Waals surface area contributed by atoms with Gasteiger partial charge >= 0.3 is 6.18 Å². The first kappa shape index (κ1) is 27.9. The quantitative estimate of drug-likeness (QED) is 0.458. The van der Waals surface area contributed by atoms with Crippen LogP contribution in [0.5, 0.6) is 5.75 Å². The van der Waals surface area contributed by atoms with Gasteiger partial charge < -0.3 is 20.3 Å². The number of nitrogens with one attached hydrogen (secondary N) is 2. The van der Waals surface area contributed by atoms with Crippen molar-refractivity contribution < 1.29 is 31.5 Å². The lowest BCUT2D eigenvalue weighted by Crippen LogP contribution is -2.38. The van der Waals surface area contributed by atoms with Gasteiger partial charge in [0.05, 0.1) is 30.6 Å². The summed E-state index contributed by atoms with van der Waals surface area (Å²) < 4.78 is 75.4. The first-order valence-electron chi connectivity index (χ1n) is 12.0. The summed E-state index contributed by atoms with van der Waals surface area (Å²) in [6, 6.07) is 2.05. The van der Waals surface area contributed by atoms with Crippen LogP contribution in [-0.4, -0.2) is 78.9 Å². The molecule has 0 spiro atoms. The van der Waals surface area contributed by atoms with Gasteiger partial charge in [-0.25, -0.2) is 8.78 Å². The van der Waals surface area contributed by atoms with Gasteiger partial charge in [0.1, 0.15) is 17.5 Å². The minimum absolute atomic E-state index is 0.0177. The summed E-state index contributed by atoms with van der Waals surface area (Å²) in [5.74, 6) is -0.933. The first-order chi connectivity index (χ1) is 18.1. The van der Waals surface area contributed by atoms with Crippen LogP contribution in [0.1, 0.15) is 28.9 Å². The standard InChI is InChI=1S/C24H27F5N6O2S/c1-14-21(23(38-34-14)33-20-11-30-19(10-31-20)24(27,28)29)22(36)32-16-4-5-17(26)18(9-16)37-13-15-3-2-7-35(12-15)8-6-25/h4-5,9,11,15,19H,2-3,6-8,10,12-13H2,1H3,(H,31,33)(H,32,36). The van der Waals surface area contributed by atoms with E-state index in [0.717, 1.165) is 37.1 Å². The summed E-state index contributed by atoms with van der Waals surface area (Å²) in [7, 11) is 0. The van der Waals surface area contributed by atoms with E-state index >= 15 is 0 Å². The molecule has 2 aliphatic heterocycles. The Morgan fingerprint density at radius 2 is 2.13 bits per heavy atom. The zero-order valence-electron chi connectivity index (χ0n) is 20.5. The Morgan fingerprint density at radius 3 is 2.84 bits per heavy atom. The van der Waals surface area contributed by atoms with Crippen molar-refractivity contribution in [2.45, 2.75) is 32.0 Å². The van der Waals surface area contributed by atoms with Crippen molar-refractivity contribution in [3.8, 4) is 5.75 Å². The van der Waals surface area contributed by atoms with Crippen LogP contribution in [0.25, 0.3) is 0 Å². The second-order valence-corrected chi connectivity index (χ2v) is 9.84. The predicted octanol–water partition coefficient (Wildman–Crippen LogP) is 4.73. The van der Waals surface area contributed by atoms with Crippen molar-refractivity contribution in [3.05, 3.63) is 35.3 Å². The van der Waals surface area contributed by atoms with Crippen LogP contribution in [0.4, 0.5) is 32.6 Å². The zero-order valence-corrected chi connectivity index (χ0v) is 21.3. The maximum Gasteiger partial charge on any atom is 0.412 e. The number of nitrogens with zero attached hydrogens (tertiary/aromatic N) is 4. The molecule has 1 amide bonds. The van der Waals surface area contributed by atoms with Crippen LogP contribution in [0.2, 0.25) is 0 Å². The number of aromatic nitrogens is 1. The molecule has 1 saturated heterocycles. The van der Waals surface area contributed by atoms with Crippen LogP contribution in [0.15, 0.2) is 28.2 Å². The van der Waals surface area contributed by atoms with Crippen LogP contribution >= 0.6 is 11.5 Å². The number of hydrogen-bond donors (Lipinski definition) is 2. The molecule has 2 unspecified atom stereocenters. The highest BCUT2D eigenvalue weighted by molar-refractivity contribution is 7.11. The van der Waals surface area contributed by atoms with Crippen LogP contribution in [0, 0.1) is 18.7 Å². The largest absolute Gasteiger partial charge is 0.490 e. The van der Waals surface area contributed by atoms with Gasteiger partial charge in [-0.3, -0.25) is 14.8 Å². The molecule has 206 valence electrons. The van der Waals surface area contributed by atoms with E-state index in [1.807, 2.05) is 4.90 Å². The third kappa shape index (κ3) is 7.04. The average molecular weight is 559 g/mol. The maximum atomic E-state index is 14.4. The minimum Gasteiger partial charge on any atom is -0.490 e. The molecule has 8 nitrogen and oxygen atoms in total. The Hall–Kier alpha value is -3.13. The molecule has 3 heterocycles. The molecule has 1 fully saturated rings. The summed E-state index contributed by atoms with van der Waals surface area (Å²) in [4.78, 5) is 22.4. The number of aryl methyl sites for hydroxylation is 1. The second kappa shape index (κ2) is 12.2. The van der Waals surface area contributed by atoms with E-state index in [2.05, 4.69) is 25.0 Å². The van der Waals surface area contributed by atoms with Crippen LogP contribution in [-0.2, 0) is 0 Å². The van der Waals surface area contributed by atoms with Crippen molar-refractivity contribution in [2.24, 2.45) is 15.9 Å². The Kier molecular flexibility index (Phi) is 8.92. The monoisotopic (exact) mass is 558 g/mol. The zero-order chi connectivity index (χ0) is 27.3. The highest BCUT2D eigenvalue weighted by Gasteiger charge is 2.40. The van der Waals surface area contributed by atoms with E-state index in [-0.39, 0.29) is 40.4 Å². The fourth-order valence-corrected chi connectivity index (χ4v) is 5.04. The van der Waals surface area contributed by atoms with Gasteiger partial charge in [0.25, 0.3) is 5.91 Å². The van der Waals surface area contributed by atoms with Gasteiger partial charge in [-0.1, -0.05) is 0 Å². The number of piperidine rings is 1. The van der Waals surface area contributed by atoms with Crippen LogP contribution < -0.4 is 15.4 Å². The number of likely N-dealkylation sites (tertiary alicyclic amines) is 1. The number of carbonyl (C=O) groups is 1. The lowest BCUT2D eigenvalue weighted by Gasteiger charge is -2.31. The van der Waals surface area contributed by atoms with E-state index in [1.165, 1.54) is 18.2 Å². The number of alkyl halides is 4. The molecule has 2 aliphatic rings. The second-order valence-electron chi connectivity index (χ2n) is 9.07. The van der Waals surface area contributed by atoms with E-state index in [9.17, 15) is 26.7 Å². The predicted molar refractivity (Wildman–Crippen MR) is 136 cm³/mol. The van der Waals surface area contributed by atoms with Gasteiger partial charge in [0, 0.05) is 30.8 Å². The van der Waals surface area contributed by atoms with Gasteiger partial charge in [-0.05, 0) is 50.0 Å². The molecule has 0 aliphatic carbocycles. The molecule has 14 heteroatoms. The molecule has 2 aromatic rings. The lowest BCUT2D eigenvalue weighted by atomic mass is 9.99. The summed E-state index contributed by atoms with van der Waals surface area (Å²) in [5, 5.41) is 5.78. The number of carbonyl (C=O) groups excluding carboxylic acids is 1.